The van der Waals surface area contributed by atoms with E-state index in [2.05, 4.69) is 5.32 Å². The molecule has 1 aromatic rings. The average molecular weight is 253 g/mol. The molecule has 0 aliphatic rings. The van der Waals surface area contributed by atoms with E-state index in [0.29, 0.717) is 5.76 Å². The lowest BCUT2D eigenvalue weighted by Crippen LogP contribution is -2.51. The van der Waals surface area contributed by atoms with E-state index in [0.717, 1.165) is 12.2 Å². The van der Waals surface area contributed by atoms with Gasteiger partial charge in [-0.3, -0.25) is 4.79 Å². The number of aliphatic hydroxyl groups is 2. The van der Waals surface area contributed by atoms with Gasteiger partial charge in [-0.05, 0) is 25.1 Å². The fraction of sp³-hybridized carbons (Fsp3) is 0.462. The molecule has 5 nitrogen and oxygen atoms in total. The van der Waals surface area contributed by atoms with Crippen LogP contribution in [0.4, 0.5) is 0 Å². The van der Waals surface area contributed by atoms with Crippen molar-refractivity contribution in [2.75, 3.05) is 13.2 Å². The third kappa shape index (κ3) is 4.01. The van der Waals surface area contributed by atoms with Crippen LogP contribution >= 0.6 is 0 Å². The molecule has 5 heteroatoms. The van der Waals surface area contributed by atoms with Crippen LogP contribution in [0.1, 0.15) is 25.4 Å². The molecular formula is C13H19NO4. The summed E-state index contributed by atoms with van der Waals surface area (Å²) in [5.41, 5.74) is -1.01. The normalized spacial score (nSPS) is 12.0. The highest BCUT2D eigenvalue weighted by atomic mass is 16.3. The van der Waals surface area contributed by atoms with Crippen molar-refractivity contribution in [3.05, 3.63) is 29.7 Å². The first-order valence-electron chi connectivity index (χ1n) is 5.83. The molecular weight excluding hydrogens is 234 g/mol. The van der Waals surface area contributed by atoms with E-state index < -0.39 is 11.4 Å². The third-order valence-corrected chi connectivity index (χ3v) is 2.55. The Labute approximate surface area is 106 Å². The number of aryl methyl sites for hydroxylation is 1. The first-order valence-corrected chi connectivity index (χ1v) is 5.83. The molecule has 1 amide bonds. The van der Waals surface area contributed by atoms with Crippen molar-refractivity contribution >= 4 is 12.0 Å². The molecule has 100 valence electrons. The second-order valence-corrected chi connectivity index (χ2v) is 4.36. The number of hydrogen-bond acceptors (Lipinski definition) is 4. The van der Waals surface area contributed by atoms with Gasteiger partial charge in [-0.15, -0.1) is 0 Å². The lowest BCUT2D eigenvalue weighted by molar-refractivity contribution is -0.119. The van der Waals surface area contributed by atoms with Crippen molar-refractivity contribution in [2.24, 2.45) is 0 Å². The summed E-state index contributed by atoms with van der Waals surface area (Å²) in [6.45, 7) is 2.88. The van der Waals surface area contributed by atoms with Gasteiger partial charge in [0.15, 0.2) is 0 Å². The molecule has 0 spiro atoms. The van der Waals surface area contributed by atoms with Crippen LogP contribution in [0.3, 0.4) is 0 Å². The van der Waals surface area contributed by atoms with E-state index in [4.69, 9.17) is 14.6 Å². The minimum Gasteiger partial charge on any atom is -0.462 e. The second-order valence-electron chi connectivity index (χ2n) is 4.36. The molecule has 0 aromatic carbocycles. The van der Waals surface area contributed by atoms with Crippen LogP contribution in [0.15, 0.2) is 22.6 Å². The van der Waals surface area contributed by atoms with E-state index in [9.17, 15) is 4.79 Å². The zero-order chi connectivity index (χ0) is 13.6. The van der Waals surface area contributed by atoms with Crippen LogP contribution < -0.4 is 5.32 Å². The van der Waals surface area contributed by atoms with Crippen LogP contribution in [-0.4, -0.2) is 34.9 Å². The first kappa shape index (κ1) is 14.5. The molecule has 0 bridgehead atoms. The Hall–Kier alpha value is -1.59. The number of amides is 1. The number of nitrogens with one attached hydrogen (secondary N) is 1. The molecule has 0 fully saturated rings. The lowest BCUT2D eigenvalue weighted by Gasteiger charge is -2.25. The lowest BCUT2D eigenvalue weighted by atomic mass is 10.1. The van der Waals surface area contributed by atoms with E-state index in [1.165, 1.54) is 6.08 Å². The maximum Gasteiger partial charge on any atom is 0.244 e. The molecule has 0 saturated heterocycles. The van der Waals surface area contributed by atoms with Gasteiger partial charge in [0.25, 0.3) is 0 Å². The van der Waals surface area contributed by atoms with Crippen molar-refractivity contribution in [1.29, 1.82) is 0 Å². The van der Waals surface area contributed by atoms with Gasteiger partial charge in [-0.1, -0.05) is 6.92 Å². The van der Waals surface area contributed by atoms with Crippen molar-refractivity contribution < 1.29 is 19.4 Å². The first-order chi connectivity index (χ1) is 8.53. The van der Waals surface area contributed by atoms with Gasteiger partial charge in [0.2, 0.25) is 5.91 Å². The molecule has 0 saturated carbocycles. The molecule has 0 aliphatic heterocycles. The second kappa shape index (κ2) is 6.37. The molecule has 1 heterocycles. The summed E-state index contributed by atoms with van der Waals surface area (Å²) < 4.78 is 5.40. The summed E-state index contributed by atoms with van der Waals surface area (Å²) in [5.74, 6) is 1.05. The summed E-state index contributed by atoms with van der Waals surface area (Å²) >= 11 is 0. The van der Waals surface area contributed by atoms with Crippen LogP contribution in [-0.2, 0) is 11.2 Å². The highest BCUT2D eigenvalue weighted by molar-refractivity contribution is 5.91. The summed E-state index contributed by atoms with van der Waals surface area (Å²) in [4.78, 5) is 11.6. The van der Waals surface area contributed by atoms with E-state index in [1.54, 1.807) is 19.1 Å². The number of carbonyl (C=O) groups is 1. The fourth-order valence-electron chi connectivity index (χ4n) is 1.30. The van der Waals surface area contributed by atoms with Gasteiger partial charge in [-0.2, -0.15) is 0 Å². The smallest absolute Gasteiger partial charge is 0.244 e. The molecule has 1 aromatic heterocycles. The van der Waals surface area contributed by atoms with Crippen LogP contribution in [0.5, 0.6) is 0 Å². The summed E-state index contributed by atoms with van der Waals surface area (Å²) in [7, 11) is 0. The highest BCUT2D eigenvalue weighted by Crippen LogP contribution is 2.10. The minimum absolute atomic E-state index is 0.330. The number of carbonyl (C=O) groups excluding carboxylic acids is 1. The zero-order valence-electron chi connectivity index (χ0n) is 10.6. The van der Waals surface area contributed by atoms with Gasteiger partial charge in [-0.25, -0.2) is 0 Å². The summed E-state index contributed by atoms with van der Waals surface area (Å²) in [5, 5.41) is 20.6. The van der Waals surface area contributed by atoms with Crippen molar-refractivity contribution in [2.45, 2.75) is 25.8 Å². The molecule has 18 heavy (non-hydrogen) atoms. The van der Waals surface area contributed by atoms with Gasteiger partial charge in [0, 0.05) is 12.5 Å². The molecule has 3 N–H and O–H groups in total. The van der Waals surface area contributed by atoms with Gasteiger partial charge >= 0.3 is 0 Å². The maximum atomic E-state index is 11.6. The Morgan fingerprint density at radius 2 is 2.11 bits per heavy atom. The standard InChI is InChI=1S/C13H19NO4/c1-3-10-4-5-11(18-10)6-7-12(17)14-13(2,8-15)9-16/h4-7,15-16H,3,8-9H2,1-2H3,(H,14,17). The SMILES string of the molecule is CCc1ccc(C=CC(=O)NC(C)(CO)CO)o1. The Bertz CT molecular complexity index is 418. The Morgan fingerprint density at radius 1 is 1.44 bits per heavy atom. The van der Waals surface area contributed by atoms with Gasteiger partial charge < -0.3 is 19.9 Å². The molecule has 0 aliphatic carbocycles. The number of furan rings is 1. The third-order valence-electron chi connectivity index (χ3n) is 2.55. The predicted molar refractivity (Wildman–Crippen MR) is 67.8 cm³/mol. The Kier molecular flexibility index (Phi) is 5.12. The molecule has 0 atom stereocenters. The Morgan fingerprint density at radius 3 is 2.61 bits per heavy atom. The van der Waals surface area contributed by atoms with Crippen LogP contribution in [0, 0.1) is 0 Å². The molecule has 0 unspecified atom stereocenters. The number of aliphatic hydroxyl groups excluding tert-OH is 2. The van der Waals surface area contributed by atoms with Crippen molar-refractivity contribution in [3.8, 4) is 0 Å². The number of rotatable bonds is 6. The predicted octanol–water partition coefficient (Wildman–Crippen LogP) is 0.715. The monoisotopic (exact) mass is 253 g/mol. The van der Waals surface area contributed by atoms with E-state index in [-0.39, 0.29) is 13.2 Å². The largest absolute Gasteiger partial charge is 0.462 e. The summed E-state index contributed by atoms with van der Waals surface area (Å²) in [6, 6.07) is 3.63. The van der Waals surface area contributed by atoms with Gasteiger partial charge in [0.1, 0.15) is 11.5 Å². The van der Waals surface area contributed by atoms with Crippen LogP contribution in [0.25, 0.3) is 6.08 Å². The fourth-order valence-corrected chi connectivity index (χ4v) is 1.30. The molecule has 1 rings (SSSR count). The van der Waals surface area contributed by atoms with Gasteiger partial charge in [0.05, 0.1) is 18.8 Å². The van der Waals surface area contributed by atoms with Crippen molar-refractivity contribution in [3.63, 3.8) is 0 Å². The highest BCUT2D eigenvalue weighted by Gasteiger charge is 2.23. The zero-order valence-corrected chi connectivity index (χ0v) is 10.6. The van der Waals surface area contributed by atoms with E-state index in [1.807, 2.05) is 13.0 Å². The summed E-state index contributed by atoms with van der Waals surface area (Å²) in [6.07, 6.45) is 3.65. The Balaban J connectivity index is 2.59. The topological polar surface area (TPSA) is 82.7 Å². The molecule has 0 radical (unpaired) electrons. The average Bonchev–Trinajstić information content (AvgIpc) is 2.84. The minimum atomic E-state index is -1.01. The van der Waals surface area contributed by atoms with Crippen LogP contribution in [0.2, 0.25) is 0 Å². The maximum absolute atomic E-state index is 11.6. The number of hydrogen-bond donors (Lipinski definition) is 3. The quantitative estimate of drug-likeness (QED) is 0.652. The van der Waals surface area contributed by atoms with E-state index >= 15 is 0 Å². The van der Waals surface area contributed by atoms with Crippen molar-refractivity contribution in [1.82, 2.24) is 5.32 Å².